The fraction of sp³-hybridized carbons (Fsp3) is 0.417. The number of likely N-dealkylation sites (N-methyl/N-ethyl adjacent to an activating group) is 1. The first-order chi connectivity index (χ1) is 8.63. The first kappa shape index (κ1) is 18.2. The predicted molar refractivity (Wildman–Crippen MR) is 79.8 cm³/mol. The molecule has 0 saturated carbocycles. The summed E-state index contributed by atoms with van der Waals surface area (Å²) < 4.78 is 6.26. The van der Waals surface area contributed by atoms with Crippen LogP contribution in [0.1, 0.15) is 0 Å². The normalized spacial score (nSPS) is 11.3. The van der Waals surface area contributed by atoms with Crippen molar-refractivity contribution in [3.05, 3.63) is 28.7 Å². The Labute approximate surface area is 127 Å². The summed E-state index contributed by atoms with van der Waals surface area (Å²) in [5.74, 6) is 0.510. The Kier molecular flexibility index (Phi) is 9.59. The summed E-state index contributed by atoms with van der Waals surface area (Å²) in [5.41, 5.74) is 0. The van der Waals surface area contributed by atoms with E-state index in [0.29, 0.717) is 5.75 Å². The van der Waals surface area contributed by atoms with Gasteiger partial charge in [0.2, 0.25) is 5.91 Å². The number of nitrogens with one attached hydrogen (secondary N) is 2. The molecular formula is C12H18BrClN2O3. The molecular weight excluding hydrogens is 335 g/mol. The number of carbonyl (C=O) groups excluding carboxylic acids is 1. The van der Waals surface area contributed by atoms with E-state index in [1.54, 1.807) is 13.1 Å². The smallest absolute Gasteiger partial charge is 0.234 e. The zero-order chi connectivity index (χ0) is 13.4. The molecule has 1 rings (SSSR count). The molecule has 0 aromatic heterocycles. The highest BCUT2D eigenvalue weighted by molar-refractivity contribution is 9.10. The van der Waals surface area contributed by atoms with Crippen LogP contribution >= 0.6 is 28.3 Å². The van der Waals surface area contributed by atoms with E-state index in [4.69, 9.17) is 4.74 Å². The third kappa shape index (κ3) is 7.37. The van der Waals surface area contributed by atoms with Gasteiger partial charge in [0, 0.05) is 6.54 Å². The Bertz CT molecular complexity index is 393. The average Bonchev–Trinajstić information content (AvgIpc) is 2.36. The number of halogens is 2. The largest absolute Gasteiger partial charge is 0.490 e. The number of aliphatic hydroxyl groups is 1. The van der Waals surface area contributed by atoms with Crippen molar-refractivity contribution in [2.75, 3.05) is 26.7 Å². The van der Waals surface area contributed by atoms with Crippen molar-refractivity contribution in [2.24, 2.45) is 0 Å². The zero-order valence-corrected chi connectivity index (χ0v) is 13.0. The Morgan fingerprint density at radius 2 is 2.16 bits per heavy atom. The third-order valence-corrected chi connectivity index (χ3v) is 2.80. The maximum absolute atomic E-state index is 11.1. The van der Waals surface area contributed by atoms with Gasteiger partial charge >= 0.3 is 0 Å². The van der Waals surface area contributed by atoms with Crippen molar-refractivity contribution >= 4 is 34.2 Å². The Hall–Kier alpha value is -0.820. The van der Waals surface area contributed by atoms with Gasteiger partial charge in [0.15, 0.2) is 0 Å². The monoisotopic (exact) mass is 352 g/mol. The maximum atomic E-state index is 11.1. The molecule has 3 N–H and O–H groups in total. The lowest BCUT2D eigenvalue weighted by atomic mass is 10.3. The van der Waals surface area contributed by atoms with Gasteiger partial charge in [-0.15, -0.1) is 12.4 Å². The number of aliphatic hydroxyl groups excluding tert-OH is 1. The molecule has 1 amide bonds. The van der Waals surface area contributed by atoms with Crippen LogP contribution in [0.2, 0.25) is 0 Å². The highest BCUT2D eigenvalue weighted by atomic mass is 79.9. The Morgan fingerprint density at radius 3 is 2.79 bits per heavy atom. The van der Waals surface area contributed by atoms with Crippen molar-refractivity contribution in [3.63, 3.8) is 0 Å². The van der Waals surface area contributed by atoms with Gasteiger partial charge in [-0.05, 0) is 35.1 Å². The van der Waals surface area contributed by atoms with Crippen LogP contribution < -0.4 is 15.4 Å². The molecule has 19 heavy (non-hydrogen) atoms. The molecule has 0 saturated heterocycles. The highest BCUT2D eigenvalue weighted by Gasteiger charge is 2.08. The lowest BCUT2D eigenvalue weighted by molar-refractivity contribution is -0.120. The van der Waals surface area contributed by atoms with Gasteiger partial charge in [0.05, 0.1) is 11.0 Å². The van der Waals surface area contributed by atoms with E-state index in [2.05, 4.69) is 26.6 Å². The lowest BCUT2D eigenvalue weighted by Gasteiger charge is -2.14. The van der Waals surface area contributed by atoms with E-state index < -0.39 is 6.10 Å². The topological polar surface area (TPSA) is 70.6 Å². The van der Waals surface area contributed by atoms with Crippen molar-refractivity contribution in [1.82, 2.24) is 10.6 Å². The number of amides is 1. The molecule has 0 radical (unpaired) electrons. The molecule has 0 bridgehead atoms. The van der Waals surface area contributed by atoms with E-state index in [9.17, 15) is 9.90 Å². The Morgan fingerprint density at radius 1 is 1.47 bits per heavy atom. The van der Waals surface area contributed by atoms with Crippen LogP contribution in [-0.4, -0.2) is 43.9 Å². The van der Waals surface area contributed by atoms with E-state index in [-0.39, 0.29) is 38.0 Å². The van der Waals surface area contributed by atoms with E-state index in [0.717, 1.165) is 4.47 Å². The predicted octanol–water partition coefficient (Wildman–Crippen LogP) is 0.946. The summed E-state index contributed by atoms with van der Waals surface area (Å²) in [6.07, 6.45) is -0.738. The molecule has 1 unspecified atom stereocenters. The minimum absolute atomic E-state index is 0. The van der Waals surface area contributed by atoms with E-state index in [1.165, 1.54) is 0 Å². The minimum atomic E-state index is -0.738. The molecule has 0 spiro atoms. The van der Waals surface area contributed by atoms with Gasteiger partial charge in [-0.3, -0.25) is 4.79 Å². The second-order valence-corrected chi connectivity index (χ2v) is 4.58. The maximum Gasteiger partial charge on any atom is 0.234 e. The van der Waals surface area contributed by atoms with Crippen molar-refractivity contribution in [2.45, 2.75) is 6.10 Å². The molecule has 1 atom stereocenters. The number of hydrogen-bond donors (Lipinski definition) is 3. The average molecular weight is 354 g/mol. The van der Waals surface area contributed by atoms with Crippen LogP contribution in [0.5, 0.6) is 5.75 Å². The highest BCUT2D eigenvalue weighted by Crippen LogP contribution is 2.23. The van der Waals surface area contributed by atoms with Gasteiger partial charge in [0.1, 0.15) is 18.5 Å². The second-order valence-electron chi connectivity index (χ2n) is 3.73. The lowest BCUT2D eigenvalue weighted by Crippen LogP contribution is -2.39. The molecule has 7 heteroatoms. The molecule has 108 valence electrons. The molecule has 1 aromatic carbocycles. The third-order valence-electron chi connectivity index (χ3n) is 2.14. The minimum Gasteiger partial charge on any atom is -0.490 e. The van der Waals surface area contributed by atoms with Crippen LogP contribution in [-0.2, 0) is 4.79 Å². The van der Waals surface area contributed by atoms with Gasteiger partial charge in [0.25, 0.3) is 0 Å². The summed E-state index contributed by atoms with van der Waals surface area (Å²) in [4.78, 5) is 11.1. The van der Waals surface area contributed by atoms with Crippen molar-refractivity contribution in [1.29, 1.82) is 0 Å². The first-order valence-corrected chi connectivity index (χ1v) is 6.39. The van der Waals surface area contributed by atoms with Gasteiger partial charge < -0.3 is 20.5 Å². The molecule has 0 heterocycles. The van der Waals surface area contributed by atoms with Gasteiger partial charge in [-0.25, -0.2) is 0 Å². The zero-order valence-electron chi connectivity index (χ0n) is 10.6. The Balaban J connectivity index is 0.00000324. The molecule has 1 aromatic rings. The van der Waals surface area contributed by atoms with Crippen molar-refractivity contribution in [3.8, 4) is 5.75 Å². The quantitative estimate of drug-likeness (QED) is 0.682. The number of para-hydroxylation sites is 1. The second kappa shape index (κ2) is 10.0. The number of hydrogen-bond acceptors (Lipinski definition) is 4. The molecule has 0 aliphatic heterocycles. The van der Waals surface area contributed by atoms with Gasteiger partial charge in [-0.2, -0.15) is 0 Å². The molecule has 0 aliphatic carbocycles. The fourth-order valence-corrected chi connectivity index (χ4v) is 1.66. The summed E-state index contributed by atoms with van der Waals surface area (Å²) in [5, 5.41) is 15.0. The summed E-state index contributed by atoms with van der Waals surface area (Å²) >= 11 is 3.34. The van der Waals surface area contributed by atoms with Crippen LogP contribution in [0.15, 0.2) is 28.7 Å². The van der Waals surface area contributed by atoms with Crippen LogP contribution in [0, 0.1) is 0 Å². The van der Waals surface area contributed by atoms with E-state index >= 15 is 0 Å². The van der Waals surface area contributed by atoms with Crippen LogP contribution in [0.4, 0.5) is 0 Å². The first-order valence-electron chi connectivity index (χ1n) is 5.60. The number of ether oxygens (including phenoxy) is 1. The fourth-order valence-electron chi connectivity index (χ4n) is 1.26. The summed E-state index contributed by atoms with van der Waals surface area (Å²) in [6, 6.07) is 7.39. The van der Waals surface area contributed by atoms with Crippen LogP contribution in [0.25, 0.3) is 0 Å². The molecule has 5 nitrogen and oxygen atoms in total. The number of rotatable bonds is 7. The van der Waals surface area contributed by atoms with Crippen molar-refractivity contribution < 1.29 is 14.6 Å². The standard InChI is InChI=1S/C12H17BrN2O3.ClH/c1-14-7-12(17)15-6-9(16)8-18-11-5-3-2-4-10(11)13;/h2-5,9,14,16H,6-8H2,1H3,(H,15,17);1H. The van der Waals surface area contributed by atoms with E-state index in [1.807, 2.05) is 18.2 Å². The molecule has 0 aliphatic rings. The SMILES string of the molecule is CNCC(=O)NCC(O)COc1ccccc1Br.Cl. The number of carbonyl (C=O) groups is 1. The van der Waals surface area contributed by atoms with Crippen LogP contribution in [0.3, 0.4) is 0 Å². The van der Waals surface area contributed by atoms with Gasteiger partial charge in [-0.1, -0.05) is 12.1 Å². The number of benzene rings is 1. The summed E-state index contributed by atoms with van der Waals surface area (Å²) in [7, 11) is 1.69. The summed E-state index contributed by atoms with van der Waals surface area (Å²) in [6.45, 7) is 0.533. The molecule has 0 fully saturated rings.